The lowest BCUT2D eigenvalue weighted by Gasteiger charge is -2.30. The molecule has 2 rings (SSSR count). The van der Waals surface area contributed by atoms with Gasteiger partial charge in [0, 0.05) is 18.5 Å². The Bertz CT molecular complexity index is 292. The molecule has 2 aliphatic carbocycles. The van der Waals surface area contributed by atoms with Crippen molar-refractivity contribution in [2.75, 3.05) is 0 Å². The van der Waals surface area contributed by atoms with E-state index in [0.29, 0.717) is 18.3 Å². The largest absolute Gasteiger partial charge is 0.409 e. The van der Waals surface area contributed by atoms with Crippen LogP contribution in [-0.4, -0.2) is 23.1 Å². The summed E-state index contributed by atoms with van der Waals surface area (Å²) in [5.74, 6) is 3.08. The van der Waals surface area contributed by atoms with Crippen LogP contribution in [0.15, 0.2) is 5.16 Å². The molecule has 5 atom stereocenters. The van der Waals surface area contributed by atoms with E-state index in [1.807, 2.05) is 0 Å². The highest BCUT2D eigenvalue weighted by atomic mass is 16.4. The Balaban J connectivity index is 1.79. The van der Waals surface area contributed by atoms with Gasteiger partial charge < -0.3 is 16.3 Å². The van der Waals surface area contributed by atoms with Gasteiger partial charge in [-0.1, -0.05) is 11.6 Å². The summed E-state index contributed by atoms with van der Waals surface area (Å²) >= 11 is 0. The molecular formula is C13H25N3O. The van der Waals surface area contributed by atoms with Gasteiger partial charge in [0.05, 0.1) is 0 Å². The standard InChI is InChI=1S/C13H25N3O/c1-8(5-13(14)16-17)15-9(2)12-7-10-3-4-11(12)6-10/h8-12,15,17H,3-7H2,1-2H3,(H2,14,16). The number of oxime groups is 1. The summed E-state index contributed by atoms with van der Waals surface area (Å²) in [6.45, 7) is 4.38. The van der Waals surface area contributed by atoms with Crippen LogP contribution < -0.4 is 11.1 Å². The minimum atomic E-state index is 0.278. The maximum Gasteiger partial charge on any atom is 0.140 e. The minimum Gasteiger partial charge on any atom is -0.409 e. The Hall–Kier alpha value is -0.770. The molecule has 2 bridgehead atoms. The zero-order valence-corrected chi connectivity index (χ0v) is 10.9. The molecule has 4 heteroatoms. The van der Waals surface area contributed by atoms with Crippen LogP contribution in [0.5, 0.6) is 0 Å². The van der Waals surface area contributed by atoms with E-state index in [4.69, 9.17) is 10.9 Å². The molecule has 0 heterocycles. The molecule has 4 nitrogen and oxygen atoms in total. The van der Waals surface area contributed by atoms with Crippen LogP contribution in [0.4, 0.5) is 0 Å². The van der Waals surface area contributed by atoms with Crippen LogP contribution in [0, 0.1) is 17.8 Å². The third kappa shape index (κ3) is 2.92. The fourth-order valence-corrected chi connectivity index (χ4v) is 3.89. The highest BCUT2D eigenvalue weighted by Gasteiger charge is 2.41. The normalized spacial score (nSPS) is 36.1. The van der Waals surface area contributed by atoms with Crippen LogP contribution in [0.1, 0.15) is 46.0 Å². The van der Waals surface area contributed by atoms with Gasteiger partial charge in [0.2, 0.25) is 0 Å². The van der Waals surface area contributed by atoms with Gasteiger partial charge >= 0.3 is 0 Å². The van der Waals surface area contributed by atoms with Gasteiger partial charge in [-0.2, -0.15) is 0 Å². The molecule has 0 aromatic rings. The number of fused-ring (bicyclic) bond motifs is 2. The highest BCUT2D eigenvalue weighted by Crippen LogP contribution is 2.49. The van der Waals surface area contributed by atoms with Gasteiger partial charge in [-0.15, -0.1) is 0 Å². The maximum absolute atomic E-state index is 8.55. The van der Waals surface area contributed by atoms with Crippen LogP contribution in [0.2, 0.25) is 0 Å². The second-order valence-electron chi connectivity index (χ2n) is 5.99. The Labute approximate surface area is 104 Å². The molecule has 2 saturated carbocycles. The third-order valence-corrected chi connectivity index (χ3v) is 4.63. The fraction of sp³-hybridized carbons (Fsp3) is 0.923. The van der Waals surface area contributed by atoms with Crippen molar-refractivity contribution >= 4 is 5.84 Å². The van der Waals surface area contributed by atoms with Crippen molar-refractivity contribution in [3.63, 3.8) is 0 Å². The Kier molecular flexibility index (Phi) is 3.92. The third-order valence-electron chi connectivity index (χ3n) is 4.63. The molecular weight excluding hydrogens is 214 g/mol. The van der Waals surface area contributed by atoms with E-state index >= 15 is 0 Å². The van der Waals surface area contributed by atoms with E-state index in [9.17, 15) is 0 Å². The summed E-state index contributed by atoms with van der Waals surface area (Å²) < 4.78 is 0. The lowest BCUT2D eigenvalue weighted by molar-refractivity contribution is 0.248. The molecule has 2 aliphatic rings. The van der Waals surface area contributed by atoms with Gasteiger partial charge in [0.15, 0.2) is 0 Å². The second kappa shape index (κ2) is 5.25. The van der Waals surface area contributed by atoms with Crippen molar-refractivity contribution in [3.8, 4) is 0 Å². The zero-order valence-electron chi connectivity index (χ0n) is 10.9. The van der Waals surface area contributed by atoms with Gasteiger partial charge in [-0.3, -0.25) is 0 Å². The number of nitrogens with two attached hydrogens (primary N) is 1. The smallest absolute Gasteiger partial charge is 0.140 e. The summed E-state index contributed by atoms with van der Waals surface area (Å²) in [6.07, 6.45) is 6.34. The van der Waals surface area contributed by atoms with Crippen molar-refractivity contribution in [3.05, 3.63) is 0 Å². The summed E-state index contributed by atoms with van der Waals surface area (Å²) in [5.41, 5.74) is 5.52. The predicted octanol–water partition coefficient (Wildman–Crippen LogP) is 1.93. The van der Waals surface area contributed by atoms with Crippen molar-refractivity contribution in [1.29, 1.82) is 0 Å². The van der Waals surface area contributed by atoms with Crippen LogP contribution in [0.25, 0.3) is 0 Å². The first-order valence-electron chi connectivity index (χ1n) is 6.82. The quantitative estimate of drug-likeness (QED) is 0.297. The van der Waals surface area contributed by atoms with E-state index in [1.165, 1.54) is 25.7 Å². The summed E-state index contributed by atoms with van der Waals surface area (Å²) in [4.78, 5) is 0. The summed E-state index contributed by atoms with van der Waals surface area (Å²) in [6, 6.07) is 0.826. The SMILES string of the molecule is CC(CC(N)=NO)NC(C)C1CC2CCC1C2. The average Bonchev–Trinajstić information content (AvgIpc) is 2.90. The average molecular weight is 239 g/mol. The first-order valence-corrected chi connectivity index (χ1v) is 6.82. The summed E-state index contributed by atoms with van der Waals surface area (Å²) in [5, 5.41) is 15.2. The minimum absolute atomic E-state index is 0.278. The van der Waals surface area contributed by atoms with Crippen LogP contribution in [0.3, 0.4) is 0 Å². The fourth-order valence-electron chi connectivity index (χ4n) is 3.89. The van der Waals surface area contributed by atoms with Gasteiger partial charge in [-0.05, 0) is 50.9 Å². The predicted molar refractivity (Wildman–Crippen MR) is 69.0 cm³/mol. The lowest BCUT2D eigenvalue weighted by atomic mass is 9.83. The first kappa shape index (κ1) is 12.7. The Morgan fingerprint density at radius 3 is 2.71 bits per heavy atom. The Morgan fingerprint density at radius 2 is 2.18 bits per heavy atom. The highest BCUT2D eigenvalue weighted by molar-refractivity contribution is 5.80. The molecule has 0 spiro atoms. The number of nitrogens with zero attached hydrogens (tertiary/aromatic N) is 1. The summed E-state index contributed by atoms with van der Waals surface area (Å²) in [7, 11) is 0. The van der Waals surface area contributed by atoms with Crippen molar-refractivity contribution < 1.29 is 5.21 Å². The van der Waals surface area contributed by atoms with E-state index in [1.54, 1.807) is 0 Å². The molecule has 98 valence electrons. The number of hydrogen-bond acceptors (Lipinski definition) is 3. The second-order valence-corrected chi connectivity index (χ2v) is 5.99. The first-order chi connectivity index (χ1) is 8.10. The monoisotopic (exact) mass is 239 g/mol. The van der Waals surface area contributed by atoms with E-state index < -0.39 is 0 Å². The molecule has 0 amide bonds. The van der Waals surface area contributed by atoms with Gasteiger partial charge in [0.25, 0.3) is 0 Å². The zero-order chi connectivity index (χ0) is 12.4. The number of rotatable bonds is 5. The molecule has 2 fully saturated rings. The molecule has 0 radical (unpaired) electrons. The molecule has 0 aromatic heterocycles. The van der Waals surface area contributed by atoms with E-state index in [-0.39, 0.29) is 6.04 Å². The number of amidine groups is 1. The molecule has 0 aromatic carbocycles. The molecule has 0 aliphatic heterocycles. The molecule has 5 unspecified atom stereocenters. The van der Waals surface area contributed by atoms with Gasteiger partial charge in [-0.25, -0.2) is 0 Å². The molecule has 0 saturated heterocycles. The lowest BCUT2D eigenvalue weighted by Crippen LogP contribution is -2.42. The van der Waals surface area contributed by atoms with Crippen molar-refractivity contribution in [1.82, 2.24) is 5.32 Å². The van der Waals surface area contributed by atoms with Gasteiger partial charge in [0.1, 0.15) is 5.84 Å². The number of nitrogens with one attached hydrogen (secondary N) is 1. The van der Waals surface area contributed by atoms with Crippen molar-refractivity contribution in [2.45, 2.75) is 58.0 Å². The molecule has 4 N–H and O–H groups in total. The molecule has 17 heavy (non-hydrogen) atoms. The van der Waals surface area contributed by atoms with Crippen LogP contribution >= 0.6 is 0 Å². The van der Waals surface area contributed by atoms with E-state index in [2.05, 4.69) is 24.3 Å². The van der Waals surface area contributed by atoms with Crippen molar-refractivity contribution in [2.24, 2.45) is 28.6 Å². The topological polar surface area (TPSA) is 70.6 Å². The maximum atomic E-state index is 8.55. The Morgan fingerprint density at radius 1 is 1.41 bits per heavy atom. The van der Waals surface area contributed by atoms with E-state index in [0.717, 1.165) is 17.8 Å². The number of hydrogen-bond donors (Lipinski definition) is 3. The van der Waals surface area contributed by atoms with Crippen LogP contribution in [-0.2, 0) is 0 Å².